The van der Waals surface area contributed by atoms with Crippen molar-refractivity contribution in [2.24, 2.45) is 0 Å². The zero-order valence-corrected chi connectivity index (χ0v) is 3.79. The maximum atomic E-state index is 5.03. The Labute approximate surface area is 41.2 Å². The van der Waals surface area contributed by atoms with Gasteiger partial charge >= 0.3 is 0 Å². The molecule has 2 saturated heterocycles. The average Bonchev–Trinajstić information content (AvgIpc) is 2.33. The maximum Gasteiger partial charge on any atom is 0.184 e. The highest BCUT2D eigenvalue weighted by Crippen LogP contribution is 2.19. The van der Waals surface area contributed by atoms with E-state index in [2.05, 4.69) is 0 Å². The summed E-state index contributed by atoms with van der Waals surface area (Å²) in [5.41, 5.74) is 0. The van der Waals surface area contributed by atoms with E-state index in [1.807, 2.05) is 0 Å². The van der Waals surface area contributed by atoms with Crippen LogP contribution in [0, 0.1) is 0 Å². The molecule has 0 spiro atoms. The van der Waals surface area contributed by atoms with Gasteiger partial charge in [0.2, 0.25) is 0 Å². The number of epoxide rings is 2. The van der Waals surface area contributed by atoms with E-state index >= 15 is 0 Å². The summed E-state index contributed by atoms with van der Waals surface area (Å²) >= 11 is 0. The molecule has 0 aliphatic carbocycles. The molecular formula is C4H6O3. The van der Waals surface area contributed by atoms with Crippen molar-refractivity contribution in [3.63, 3.8) is 0 Å². The van der Waals surface area contributed by atoms with Crippen molar-refractivity contribution < 1.29 is 14.2 Å². The molecule has 3 heteroatoms. The molecular weight excluding hydrogens is 96.0 g/mol. The first-order chi connectivity index (χ1) is 3.45. The standard InChI is InChI=1S/C4H6O3/c1-3(5-1)7-4-2-6-4/h3-4H,1-2H2. The molecule has 2 unspecified atom stereocenters. The normalized spacial score (nSPS) is 46.3. The fourth-order valence-electron chi connectivity index (χ4n) is 0.405. The van der Waals surface area contributed by atoms with Gasteiger partial charge in [0.15, 0.2) is 12.6 Å². The van der Waals surface area contributed by atoms with Crippen molar-refractivity contribution >= 4 is 0 Å². The average molecular weight is 102 g/mol. The second kappa shape index (κ2) is 1.18. The molecule has 0 radical (unpaired) electrons. The summed E-state index contributed by atoms with van der Waals surface area (Å²) in [6.07, 6.45) is 0.125. The monoisotopic (exact) mass is 102 g/mol. The highest BCUT2D eigenvalue weighted by molar-refractivity contribution is 4.62. The van der Waals surface area contributed by atoms with E-state index < -0.39 is 0 Å². The minimum Gasteiger partial charge on any atom is -0.345 e. The minimum atomic E-state index is 0.0625. The smallest absolute Gasteiger partial charge is 0.184 e. The Kier molecular flexibility index (Phi) is 0.647. The lowest BCUT2D eigenvalue weighted by Gasteiger charge is -1.86. The molecule has 0 aromatic heterocycles. The van der Waals surface area contributed by atoms with E-state index in [0.29, 0.717) is 0 Å². The van der Waals surface area contributed by atoms with Crippen LogP contribution in [0.5, 0.6) is 0 Å². The lowest BCUT2D eigenvalue weighted by atomic mass is 10.8. The van der Waals surface area contributed by atoms with E-state index in [9.17, 15) is 0 Å². The third-order valence-electron chi connectivity index (χ3n) is 0.909. The zero-order valence-electron chi connectivity index (χ0n) is 3.79. The van der Waals surface area contributed by atoms with E-state index in [4.69, 9.17) is 14.2 Å². The molecule has 2 heterocycles. The Hall–Kier alpha value is -0.120. The van der Waals surface area contributed by atoms with Gasteiger partial charge in [-0.2, -0.15) is 0 Å². The molecule has 2 aliphatic rings. The number of ether oxygens (including phenoxy) is 3. The molecule has 2 rings (SSSR count). The summed E-state index contributed by atoms with van der Waals surface area (Å²) in [7, 11) is 0. The Bertz CT molecular complexity index is 65.0. The summed E-state index contributed by atoms with van der Waals surface area (Å²) < 4.78 is 14.5. The van der Waals surface area contributed by atoms with Crippen molar-refractivity contribution in [2.45, 2.75) is 12.6 Å². The van der Waals surface area contributed by atoms with Crippen LogP contribution in [0.4, 0.5) is 0 Å². The van der Waals surface area contributed by atoms with Gasteiger partial charge in [-0.15, -0.1) is 0 Å². The first-order valence-corrected chi connectivity index (χ1v) is 2.34. The van der Waals surface area contributed by atoms with Gasteiger partial charge in [0.1, 0.15) is 13.2 Å². The second-order valence-electron chi connectivity index (χ2n) is 1.66. The third-order valence-corrected chi connectivity index (χ3v) is 0.909. The van der Waals surface area contributed by atoms with Crippen LogP contribution in [-0.4, -0.2) is 25.8 Å². The Morgan fingerprint density at radius 2 is 1.57 bits per heavy atom. The van der Waals surface area contributed by atoms with Crippen molar-refractivity contribution in [1.82, 2.24) is 0 Å². The Balaban J connectivity index is 1.69. The predicted molar refractivity (Wildman–Crippen MR) is 20.6 cm³/mol. The molecule has 0 amide bonds. The molecule has 0 N–H and O–H groups in total. The molecule has 7 heavy (non-hydrogen) atoms. The Morgan fingerprint density at radius 3 is 1.86 bits per heavy atom. The molecule has 0 aromatic carbocycles. The first kappa shape index (κ1) is 3.83. The second-order valence-corrected chi connectivity index (χ2v) is 1.66. The molecule has 0 bridgehead atoms. The highest BCUT2D eigenvalue weighted by atomic mass is 16.9. The maximum absolute atomic E-state index is 5.03. The number of hydrogen-bond acceptors (Lipinski definition) is 3. The van der Waals surface area contributed by atoms with Crippen LogP contribution in [-0.2, 0) is 14.2 Å². The molecule has 2 fully saturated rings. The molecule has 3 nitrogen and oxygen atoms in total. The number of rotatable bonds is 2. The summed E-state index contributed by atoms with van der Waals surface area (Å²) in [6, 6.07) is 0. The third kappa shape index (κ3) is 0.907. The topological polar surface area (TPSA) is 34.3 Å². The number of hydrogen-bond donors (Lipinski definition) is 0. The summed E-state index contributed by atoms with van der Waals surface area (Å²) in [5.74, 6) is 0. The molecule has 2 aliphatic heterocycles. The quantitative estimate of drug-likeness (QED) is 0.449. The molecule has 40 valence electrons. The molecule has 0 saturated carbocycles. The predicted octanol–water partition coefficient (Wildman–Crippen LogP) is -0.284. The van der Waals surface area contributed by atoms with Crippen molar-refractivity contribution in [2.75, 3.05) is 13.2 Å². The van der Waals surface area contributed by atoms with Gasteiger partial charge in [0.25, 0.3) is 0 Å². The van der Waals surface area contributed by atoms with Crippen LogP contribution >= 0.6 is 0 Å². The molecule has 0 aromatic rings. The van der Waals surface area contributed by atoms with Crippen LogP contribution in [0.2, 0.25) is 0 Å². The van der Waals surface area contributed by atoms with Crippen LogP contribution in [0.3, 0.4) is 0 Å². The van der Waals surface area contributed by atoms with Crippen LogP contribution in [0.15, 0.2) is 0 Å². The largest absolute Gasteiger partial charge is 0.345 e. The SMILES string of the molecule is C1OC1OC1CO1. The first-order valence-electron chi connectivity index (χ1n) is 2.34. The van der Waals surface area contributed by atoms with Gasteiger partial charge in [0, 0.05) is 0 Å². The summed E-state index contributed by atoms with van der Waals surface area (Å²) in [6.45, 7) is 1.50. The molecule has 2 atom stereocenters. The van der Waals surface area contributed by atoms with Crippen molar-refractivity contribution in [3.8, 4) is 0 Å². The van der Waals surface area contributed by atoms with E-state index in [1.54, 1.807) is 0 Å². The van der Waals surface area contributed by atoms with Crippen LogP contribution < -0.4 is 0 Å². The van der Waals surface area contributed by atoms with E-state index in [0.717, 1.165) is 13.2 Å². The van der Waals surface area contributed by atoms with Crippen molar-refractivity contribution in [3.05, 3.63) is 0 Å². The van der Waals surface area contributed by atoms with Crippen molar-refractivity contribution in [1.29, 1.82) is 0 Å². The van der Waals surface area contributed by atoms with Gasteiger partial charge in [0.05, 0.1) is 0 Å². The minimum absolute atomic E-state index is 0.0625. The zero-order chi connectivity index (χ0) is 4.69. The summed E-state index contributed by atoms with van der Waals surface area (Å²) in [5, 5.41) is 0. The lowest BCUT2D eigenvalue weighted by Crippen LogP contribution is -1.97. The van der Waals surface area contributed by atoms with Gasteiger partial charge < -0.3 is 14.2 Å². The van der Waals surface area contributed by atoms with Gasteiger partial charge in [-0.1, -0.05) is 0 Å². The fourth-order valence-corrected chi connectivity index (χ4v) is 0.405. The van der Waals surface area contributed by atoms with Crippen LogP contribution in [0.1, 0.15) is 0 Å². The Morgan fingerprint density at radius 1 is 1.14 bits per heavy atom. The van der Waals surface area contributed by atoms with Crippen LogP contribution in [0.25, 0.3) is 0 Å². The fraction of sp³-hybridized carbons (Fsp3) is 1.00. The van der Waals surface area contributed by atoms with Gasteiger partial charge in [-0.3, -0.25) is 0 Å². The van der Waals surface area contributed by atoms with E-state index in [-0.39, 0.29) is 12.6 Å². The highest BCUT2D eigenvalue weighted by Gasteiger charge is 2.33. The van der Waals surface area contributed by atoms with E-state index in [1.165, 1.54) is 0 Å². The van der Waals surface area contributed by atoms with Gasteiger partial charge in [-0.05, 0) is 0 Å². The summed E-state index contributed by atoms with van der Waals surface area (Å²) in [4.78, 5) is 0. The van der Waals surface area contributed by atoms with Gasteiger partial charge in [-0.25, -0.2) is 0 Å². The lowest BCUT2D eigenvalue weighted by molar-refractivity contribution is -0.00984.